The van der Waals surface area contributed by atoms with Gasteiger partial charge in [0.05, 0.1) is 6.10 Å². The van der Waals surface area contributed by atoms with Gasteiger partial charge in [0, 0.05) is 43.0 Å². The van der Waals surface area contributed by atoms with Crippen molar-refractivity contribution >= 4 is 11.3 Å². The van der Waals surface area contributed by atoms with Gasteiger partial charge in [-0.25, -0.2) is 0 Å². The van der Waals surface area contributed by atoms with Gasteiger partial charge in [0.1, 0.15) is 0 Å². The Hall–Kier alpha value is -1.24. The van der Waals surface area contributed by atoms with Crippen molar-refractivity contribution in [3.8, 4) is 0 Å². The summed E-state index contributed by atoms with van der Waals surface area (Å²) in [4.78, 5) is 8.53. The van der Waals surface area contributed by atoms with Crippen LogP contribution in [0.2, 0.25) is 0 Å². The van der Waals surface area contributed by atoms with Crippen molar-refractivity contribution < 1.29 is 9.26 Å². The van der Waals surface area contributed by atoms with E-state index >= 15 is 0 Å². The fourth-order valence-electron chi connectivity index (χ4n) is 3.87. The van der Waals surface area contributed by atoms with E-state index in [-0.39, 0.29) is 0 Å². The van der Waals surface area contributed by atoms with E-state index in [0.29, 0.717) is 17.9 Å². The van der Waals surface area contributed by atoms with Crippen LogP contribution in [-0.4, -0.2) is 40.8 Å². The second kappa shape index (κ2) is 6.34. The zero-order chi connectivity index (χ0) is 15.8. The molecule has 6 heteroatoms. The lowest BCUT2D eigenvalue weighted by atomic mass is 9.79. The lowest BCUT2D eigenvalue weighted by molar-refractivity contribution is -0.0824. The van der Waals surface area contributed by atoms with Gasteiger partial charge in [-0.15, -0.1) is 11.3 Å². The maximum absolute atomic E-state index is 6.03. The van der Waals surface area contributed by atoms with Gasteiger partial charge in [0.2, 0.25) is 5.89 Å². The summed E-state index contributed by atoms with van der Waals surface area (Å²) in [5.74, 6) is 2.32. The summed E-state index contributed by atoms with van der Waals surface area (Å²) in [6.07, 6.45) is 2.41. The van der Waals surface area contributed by atoms with Crippen LogP contribution in [0.5, 0.6) is 0 Å². The van der Waals surface area contributed by atoms with Gasteiger partial charge in [0.15, 0.2) is 5.82 Å². The standard InChI is InChI=1S/C17H23N3O2S/c1-11-5-8-23-16(11)10-20-6-3-15-14(9-20)13(4-7-21-15)17-18-12(2)19-22-17/h5,8,13-15H,3-4,6-7,9-10H2,1-2H3/t13-,14-,15-/m1/s1. The second-order valence-corrected chi connectivity index (χ2v) is 7.70. The van der Waals surface area contributed by atoms with Crippen LogP contribution in [0.15, 0.2) is 16.0 Å². The predicted octanol–water partition coefficient (Wildman–Crippen LogP) is 3.14. The fraction of sp³-hybridized carbons (Fsp3) is 0.647. The number of rotatable bonds is 3. The van der Waals surface area contributed by atoms with Gasteiger partial charge in [-0.2, -0.15) is 4.98 Å². The SMILES string of the molecule is Cc1noc([C@@H]2CCO[C@@H]3CCN(Cc4sccc4C)C[C@@H]32)n1. The number of aromatic nitrogens is 2. The van der Waals surface area contributed by atoms with Gasteiger partial charge in [-0.1, -0.05) is 5.16 Å². The quantitative estimate of drug-likeness (QED) is 0.864. The summed E-state index contributed by atoms with van der Waals surface area (Å²) in [6.45, 7) is 8.09. The van der Waals surface area contributed by atoms with Crippen LogP contribution in [0.25, 0.3) is 0 Å². The van der Waals surface area contributed by atoms with Crippen molar-refractivity contribution in [3.63, 3.8) is 0 Å². The number of ether oxygens (including phenoxy) is 1. The molecule has 2 aromatic heterocycles. The van der Waals surface area contributed by atoms with Crippen LogP contribution >= 0.6 is 11.3 Å². The molecule has 0 aromatic carbocycles. The van der Waals surface area contributed by atoms with Crippen molar-refractivity contribution in [2.45, 2.75) is 45.3 Å². The molecular weight excluding hydrogens is 310 g/mol. The molecule has 0 aliphatic carbocycles. The molecule has 0 radical (unpaired) electrons. The third-order valence-electron chi connectivity index (χ3n) is 5.15. The number of fused-ring (bicyclic) bond motifs is 1. The van der Waals surface area contributed by atoms with Crippen LogP contribution in [0.3, 0.4) is 0 Å². The largest absolute Gasteiger partial charge is 0.378 e. The van der Waals surface area contributed by atoms with Gasteiger partial charge >= 0.3 is 0 Å². The first kappa shape index (κ1) is 15.3. The summed E-state index contributed by atoms with van der Waals surface area (Å²) in [6, 6.07) is 2.21. The Morgan fingerprint density at radius 3 is 3.00 bits per heavy atom. The van der Waals surface area contributed by atoms with E-state index in [1.54, 1.807) is 0 Å². The molecule has 0 bridgehead atoms. The first-order chi connectivity index (χ1) is 11.2. The van der Waals surface area contributed by atoms with Crippen LogP contribution in [-0.2, 0) is 11.3 Å². The fourth-order valence-corrected chi connectivity index (χ4v) is 4.82. The summed E-state index contributed by atoms with van der Waals surface area (Å²) in [7, 11) is 0. The number of hydrogen-bond acceptors (Lipinski definition) is 6. The lowest BCUT2D eigenvalue weighted by Gasteiger charge is -2.44. The van der Waals surface area contributed by atoms with E-state index in [1.807, 2.05) is 18.3 Å². The number of thiophene rings is 1. The molecule has 0 saturated carbocycles. The van der Waals surface area contributed by atoms with E-state index < -0.39 is 0 Å². The van der Waals surface area contributed by atoms with Crippen LogP contribution < -0.4 is 0 Å². The highest BCUT2D eigenvalue weighted by molar-refractivity contribution is 7.10. The second-order valence-electron chi connectivity index (χ2n) is 6.70. The molecule has 5 nitrogen and oxygen atoms in total. The maximum atomic E-state index is 6.03. The summed E-state index contributed by atoms with van der Waals surface area (Å²) in [5.41, 5.74) is 1.40. The molecule has 23 heavy (non-hydrogen) atoms. The summed E-state index contributed by atoms with van der Waals surface area (Å²) in [5, 5.41) is 6.17. The minimum Gasteiger partial charge on any atom is -0.378 e. The highest BCUT2D eigenvalue weighted by atomic mass is 32.1. The normalized spacial score (nSPS) is 28.7. The summed E-state index contributed by atoms with van der Waals surface area (Å²) < 4.78 is 11.5. The Morgan fingerprint density at radius 1 is 1.35 bits per heavy atom. The Balaban J connectivity index is 1.50. The van der Waals surface area contributed by atoms with Crippen molar-refractivity contribution in [3.05, 3.63) is 33.6 Å². The number of aryl methyl sites for hydroxylation is 2. The third kappa shape index (κ3) is 3.07. The molecule has 2 saturated heterocycles. The Labute approximate surface area is 140 Å². The van der Waals surface area contributed by atoms with Crippen molar-refractivity contribution in [2.75, 3.05) is 19.7 Å². The van der Waals surface area contributed by atoms with Crippen molar-refractivity contribution in [2.24, 2.45) is 5.92 Å². The number of hydrogen-bond donors (Lipinski definition) is 0. The molecular formula is C17H23N3O2S. The molecule has 2 aromatic rings. The maximum Gasteiger partial charge on any atom is 0.230 e. The Bertz CT molecular complexity index is 668. The van der Waals surface area contributed by atoms with E-state index in [0.717, 1.165) is 50.8 Å². The van der Waals surface area contributed by atoms with Crippen LogP contribution in [0, 0.1) is 19.8 Å². The van der Waals surface area contributed by atoms with E-state index in [4.69, 9.17) is 9.26 Å². The summed E-state index contributed by atoms with van der Waals surface area (Å²) >= 11 is 1.86. The average molecular weight is 333 g/mol. The molecule has 0 amide bonds. The highest BCUT2D eigenvalue weighted by Crippen LogP contribution is 2.39. The zero-order valence-corrected chi connectivity index (χ0v) is 14.5. The highest BCUT2D eigenvalue weighted by Gasteiger charge is 2.41. The van der Waals surface area contributed by atoms with E-state index in [1.165, 1.54) is 10.4 Å². The molecule has 4 heterocycles. The Kier molecular flexibility index (Phi) is 4.22. The molecule has 2 fully saturated rings. The number of likely N-dealkylation sites (tertiary alicyclic amines) is 1. The van der Waals surface area contributed by atoms with Gasteiger partial charge < -0.3 is 9.26 Å². The first-order valence-corrected chi connectivity index (χ1v) is 9.26. The monoisotopic (exact) mass is 333 g/mol. The molecule has 3 atom stereocenters. The molecule has 2 aliphatic heterocycles. The zero-order valence-electron chi connectivity index (χ0n) is 13.7. The predicted molar refractivity (Wildman–Crippen MR) is 88.6 cm³/mol. The number of nitrogens with zero attached hydrogens (tertiary/aromatic N) is 3. The molecule has 124 valence electrons. The van der Waals surface area contributed by atoms with Gasteiger partial charge in [0.25, 0.3) is 0 Å². The minimum atomic E-state index is 0.335. The third-order valence-corrected chi connectivity index (χ3v) is 6.16. The lowest BCUT2D eigenvalue weighted by Crippen LogP contribution is -2.48. The topological polar surface area (TPSA) is 51.4 Å². The molecule has 2 aliphatic rings. The van der Waals surface area contributed by atoms with E-state index in [9.17, 15) is 0 Å². The molecule has 0 spiro atoms. The van der Waals surface area contributed by atoms with Gasteiger partial charge in [-0.05, 0) is 43.7 Å². The smallest absolute Gasteiger partial charge is 0.230 e. The first-order valence-electron chi connectivity index (χ1n) is 8.38. The number of piperidine rings is 1. The Morgan fingerprint density at radius 2 is 2.26 bits per heavy atom. The molecule has 4 rings (SSSR count). The molecule has 0 unspecified atom stereocenters. The van der Waals surface area contributed by atoms with Crippen molar-refractivity contribution in [1.82, 2.24) is 15.0 Å². The van der Waals surface area contributed by atoms with E-state index in [2.05, 4.69) is 33.4 Å². The molecule has 0 N–H and O–H groups in total. The van der Waals surface area contributed by atoms with Crippen LogP contribution in [0.1, 0.15) is 40.9 Å². The minimum absolute atomic E-state index is 0.335. The average Bonchev–Trinajstić information content (AvgIpc) is 3.16. The van der Waals surface area contributed by atoms with Gasteiger partial charge in [-0.3, -0.25) is 4.90 Å². The van der Waals surface area contributed by atoms with Crippen molar-refractivity contribution in [1.29, 1.82) is 0 Å². The van der Waals surface area contributed by atoms with Crippen LogP contribution in [0.4, 0.5) is 0 Å².